The first-order valence-electron chi connectivity index (χ1n) is 5.89. The smallest absolute Gasteiger partial charge is 0.212 e. The number of rotatable bonds is 3. The fourth-order valence-electron chi connectivity index (χ4n) is 2.13. The summed E-state index contributed by atoms with van der Waals surface area (Å²) in [7, 11) is 0. The molecule has 1 saturated heterocycles. The summed E-state index contributed by atoms with van der Waals surface area (Å²) in [5.41, 5.74) is 2.37. The van der Waals surface area contributed by atoms with Crippen molar-refractivity contribution >= 4 is 11.3 Å². The molecular formula is C11H14N4O2S. The van der Waals surface area contributed by atoms with Crippen molar-refractivity contribution in [2.75, 3.05) is 6.61 Å². The van der Waals surface area contributed by atoms with E-state index in [9.17, 15) is 5.11 Å². The number of aliphatic hydroxyl groups is 1. The van der Waals surface area contributed by atoms with E-state index in [2.05, 4.69) is 15.3 Å². The van der Waals surface area contributed by atoms with Crippen LogP contribution in [0.4, 0.5) is 0 Å². The molecule has 0 aliphatic carbocycles. The zero-order chi connectivity index (χ0) is 12.5. The first-order chi connectivity index (χ1) is 8.79. The third kappa shape index (κ3) is 1.94. The second kappa shape index (κ2) is 4.75. The molecule has 0 amide bonds. The summed E-state index contributed by atoms with van der Waals surface area (Å²) in [6.45, 7) is 2.56. The quantitative estimate of drug-likeness (QED) is 0.908. The lowest BCUT2D eigenvalue weighted by molar-refractivity contribution is 0.104. The number of ether oxygens (including phenoxy) is 1. The molecule has 7 heteroatoms. The maximum atomic E-state index is 9.36. The number of hydrogen-bond acceptors (Lipinski definition) is 6. The summed E-state index contributed by atoms with van der Waals surface area (Å²) < 4.78 is 7.37. The standard InChI is InChI=1S/C11H14N4O2S/c1-7-6-18-11(12-7)15-10(8(5-16)13-14-15)9-3-2-4-17-9/h6,9,16H,2-5H2,1H3. The summed E-state index contributed by atoms with van der Waals surface area (Å²) in [6.07, 6.45) is 1.92. The third-order valence-electron chi connectivity index (χ3n) is 2.95. The molecule has 96 valence electrons. The van der Waals surface area contributed by atoms with Crippen molar-refractivity contribution in [2.24, 2.45) is 0 Å². The van der Waals surface area contributed by atoms with E-state index >= 15 is 0 Å². The second-order valence-corrected chi connectivity index (χ2v) is 5.10. The average Bonchev–Trinajstić information content (AvgIpc) is 3.07. The Labute approximate surface area is 108 Å². The molecule has 0 bridgehead atoms. The Kier molecular flexibility index (Phi) is 3.11. The highest BCUT2D eigenvalue weighted by Crippen LogP contribution is 2.32. The minimum Gasteiger partial charge on any atom is -0.390 e. The van der Waals surface area contributed by atoms with Gasteiger partial charge in [0.25, 0.3) is 0 Å². The number of nitrogens with zero attached hydrogens (tertiary/aromatic N) is 4. The van der Waals surface area contributed by atoms with Crippen molar-refractivity contribution in [2.45, 2.75) is 32.5 Å². The molecule has 0 radical (unpaired) electrons. The molecule has 0 spiro atoms. The van der Waals surface area contributed by atoms with Gasteiger partial charge >= 0.3 is 0 Å². The van der Waals surface area contributed by atoms with Crippen LogP contribution in [-0.4, -0.2) is 31.7 Å². The molecule has 6 nitrogen and oxygen atoms in total. The van der Waals surface area contributed by atoms with E-state index in [1.165, 1.54) is 11.3 Å². The van der Waals surface area contributed by atoms with Gasteiger partial charge in [0.05, 0.1) is 12.3 Å². The molecular weight excluding hydrogens is 252 g/mol. The summed E-state index contributed by atoms with van der Waals surface area (Å²) in [4.78, 5) is 4.40. The van der Waals surface area contributed by atoms with Crippen molar-refractivity contribution in [3.05, 3.63) is 22.5 Å². The average molecular weight is 266 g/mol. The van der Waals surface area contributed by atoms with Crippen molar-refractivity contribution in [1.82, 2.24) is 20.0 Å². The number of aliphatic hydroxyl groups excluding tert-OH is 1. The van der Waals surface area contributed by atoms with E-state index < -0.39 is 0 Å². The van der Waals surface area contributed by atoms with Gasteiger partial charge in [-0.1, -0.05) is 5.21 Å². The fourth-order valence-corrected chi connectivity index (χ4v) is 2.89. The van der Waals surface area contributed by atoms with Crippen LogP contribution in [0.5, 0.6) is 0 Å². The van der Waals surface area contributed by atoms with Crippen LogP contribution in [0.1, 0.15) is 36.0 Å². The van der Waals surface area contributed by atoms with Gasteiger partial charge in [-0.3, -0.25) is 0 Å². The van der Waals surface area contributed by atoms with Crippen molar-refractivity contribution in [3.63, 3.8) is 0 Å². The van der Waals surface area contributed by atoms with Crippen LogP contribution < -0.4 is 0 Å². The largest absolute Gasteiger partial charge is 0.390 e. The highest BCUT2D eigenvalue weighted by atomic mass is 32.1. The molecule has 1 fully saturated rings. The summed E-state index contributed by atoms with van der Waals surface area (Å²) in [6, 6.07) is 0. The Morgan fingerprint density at radius 3 is 3.11 bits per heavy atom. The van der Waals surface area contributed by atoms with Crippen molar-refractivity contribution in [3.8, 4) is 5.13 Å². The van der Waals surface area contributed by atoms with Gasteiger partial charge in [-0.2, -0.15) is 4.68 Å². The Morgan fingerprint density at radius 2 is 2.50 bits per heavy atom. The first kappa shape index (κ1) is 11.8. The minimum absolute atomic E-state index is 0.0358. The van der Waals surface area contributed by atoms with Crippen LogP contribution in [0.3, 0.4) is 0 Å². The monoisotopic (exact) mass is 266 g/mol. The van der Waals surface area contributed by atoms with Crippen LogP contribution in [0.25, 0.3) is 5.13 Å². The molecule has 2 aromatic rings. The zero-order valence-corrected chi connectivity index (χ0v) is 10.9. The van der Waals surface area contributed by atoms with Crippen molar-refractivity contribution < 1.29 is 9.84 Å². The van der Waals surface area contributed by atoms with Crippen LogP contribution in [-0.2, 0) is 11.3 Å². The molecule has 1 N–H and O–H groups in total. The Bertz CT molecular complexity index is 545. The van der Waals surface area contributed by atoms with Crippen LogP contribution in [0, 0.1) is 6.92 Å². The third-order valence-corrected chi connectivity index (χ3v) is 3.89. The SMILES string of the molecule is Cc1csc(-n2nnc(CO)c2C2CCCO2)n1. The van der Waals surface area contributed by atoms with E-state index in [-0.39, 0.29) is 12.7 Å². The highest BCUT2D eigenvalue weighted by Gasteiger charge is 2.27. The molecule has 1 aliphatic rings. The van der Waals surface area contributed by atoms with Crippen LogP contribution in [0.15, 0.2) is 5.38 Å². The predicted octanol–water partition coefficient (Wildman–Crippen LogP) is 1.38. The van der Waals surface area contributed by atoms with Gasteiger partial charge in [-0.15, -0.1) is 16.4 Å². The Hall–Kier alpha value is -1.31. The summed E-state index contributed by atoms with van der Waals surface area (Å²) >= 11 is 1.51. The number of thiazole rings is 1. The van der Waals surface area contributed by atoms with Gasteiger partial charge in [0, 0.05) is 12.0 Å². The van der Waals surface area contributed by atoms with E-state index in [1.54, 1.807) is 4.68 Å². The summed E-state index contributed by atoms with van der Waals surface area (Å²) in [5, 5.41) is 20.2. The van der Waals surface area contributed by atoms with Gasteiger partial charge < -0.3 is 9.84 Å². The molecule has 1 unspecified atom stereocenters. The highest BCUT2D eigenvalue weighted by molar-refractivity contribution is 7.12. The van der Waals surface area contributed by atoms with Crippen molar-refractivity contribution in [1.29, 1.82) is 0 Å². The fraction of sp³-hybridized carbons (Fsp3) is 0.545. The molecule has 0 saturated carbocycles. The first-order valence-corrected chi connectivity index (χ1v) is 6.77. The Morgan fingerprint density at radius 1 is 1.61 bits per heavy atom. The van der Waals surface area contributed by atoms with Gasteiger partial charge in [0.1, 0.15) is 17.5 Å². The van der Waals surface area contributed by atoms with E-state index in [4.69, 9.17) is 4.74 Å². The lowest BCUT2D eigenvalue weighted by atomic mass is 10.1. The molecule has 1 aliphatic heterocycles. The van der Waals surface area contributed by atoms with Gasteiger partial charge in [0.15, 0.2) is 0 Å². The predicted molar refractivity (Wildman–Crippen MR) is 65.6 cm³/mol. The number of aromatic nitrogens is 4. The molecule has 0 aromatic carbocycles. The molecule has 2 aromatic heterocycles. The van der Waals surface area contributed by atoms with Gasteiger partial charge in [0.2, 0.25) is 5.13 Å². The molecule has 3 rings (SSSR count). The van der Waals surface area contributed by atoms with Gasteiger partial charge in [-0.05, 0) is 19.8 Å². The van der Waals surface area contributed by atoms with Crippen LogP contribution >= 0.6 is 11.3 Å². The maximum Gasteiger partial charge on any atom is 0.212 e. The Balaban J connectivity index is 2.06. The van der Waals surface area contributed by atoms with E-state index in [0.717, 1.165) is 36.0 Å². The van der Waals surface area contributed by atoms with E-state index in [1.807, 2.05) is 12.3 Å². The minimum atomic E-state index is -0.125. The molecule has 18 heavy (non-hydrogen) atoms. The normalized spacial score (nSPS) is 19.6. The lowest BCUT2D eigenvalue weighted by Crippen LogP contribution is -2.09. The maximum absolute atomic E-state index is 9.36. The topological polar surface area (TPSA) is 73.1 Å². The molecule has 3 heterocycles. The lowest BCUT2D eigenvalue weighted by Gasteiger charge is -2.11. The second-order valence-electron chi connectivity index (χ2n) is 4.26. The van der Waals surface area contributed by atoms with E-state index in [0.29, 0.717) is 5.69 Å². The number of aryl methyl sites for hydroxylation is 1. The summed E-state index contributed by atoms with van der Waals surface area (Å²) in [5.74, 6) is 0. The van der Waals surface area contributed by atoms with Gasteiger partial charge in [-0.25, -0.2) is 4.98 Å². The van der Waals surface area contributed by atoms with Crippen LogP contribution in [0.2, 0.25) is 0 Å². The zero-order valence-electron chi connectivity index (χ0n) is 10.0. The molecule has 1 atom stereocenters. The number of hydrogen-bond donors (Lipinski definition) is 1.